The SMILES string of the molecule is CCN1CCN(C(C)CNC(=NC)NCc2c(C)nn(C)c2C)CC1.I. The summed E-state index contributed by atoms with van der Waals surface area (Å²) < 4.78 is 1.93. The lowest BCUT2D eigenvalue weighted by atomic mass is 10.2. The molecule has 0 amide bonds. The molecule has 0 saturated carbocycles. The van der Waals surface area contributed by atoms with Crippen LogP contribution in [0.4, 0.5) is 0 Å². The summed E-state index contributed by atoms with van der Waals surface area (Å²) in [7, 11) is 3.81. The number of guanidine groups is 1. The van der Waals surface area contributed by atoms with E-state index in [-0.39, 0.29) is 24.0 Å². The molecule has 8 heteroatoms. The zero-order chi connectivity index (χ0) is 18.4. The summed E-state index contributed by atoms with van der Waals surface area (Å²) in [5.74, 6) is 0.849. The third kappa shape index (κ3) is 6.09. The van der Waals surface area contributed by atoms with Crippen LogP contribution in [0.1, 0.15) is 30.8 Å². The Morgan fingerprint density at radius 3 is 2.35 bits per heavy atom. The topological polar surface area (TPSA) is 60.7 Å². The third-order valence-electron chi connectivity index (χ3n) is 5.36. The molecule has 2 N–H and O–H groups in total. The van der Waals surface area contributed by atoms with Crippen molar-refractivity contribution >= 4 is 29.9 Å². The van der Waals surface area contributed by atoms with Crippen molar-refractivity contribution in [2.24, 2.45) is 12.0 Å². The number of aryl methyl sites for hydroxylation is 2. The highest BCUT2D eigenvalue weighted by molar-refractivity contribution is 14.0. The Morgan fingerprint density at radius 1 is 1.19 bits per heavy atom. The van der Waals surface area contributed by atoms with Crippen molar-refractivity contribution in [2.45, 2.75) is 40.3 Å². The Bertz CT molecular complexity index is 576. The molecule has 0 bridgehead atoms. The van der Waals surface area contributed by atoms with Gasteiger partial charge in [0.05, 0.1) is 5.69 Å². The highest BCUT2D eigenvalue weighted by Crippen LogP contribution is 2.11. The van der Waals surface area contributed by atoms with Crippen LogP contribution in [0.5, 0.6) is 0 Å². The number of piperazine rings is 1. The van der Waals surface area contributed by atoms with Crippen molar-refractivity contribution in [3.8, 4) is 0 Å². The first kappa shape index (κ1) is 23.2. The number of rotatable bonds is 6. The van der Waals surface area contributed by atoms with Gasteiger partial charge in [-0.3, -0.25) is 14.6 Å². The van der Waals surface area contributed by atoms with Gasteiger partial charge in [-0.05, 0) is 27.3 Å². The number of likely N-dealkylation sites (N-methyl/N-ethyl adjacent to an activating group) is 1. The van der Waals surface area contributed by atoms with Gasteiger partial charge in [0.1, 0.15) is 0 Å². The zero-order valence-electron chi connectivity index (χ0n) is 17.2. The first-order valence-electron chi connectivity index (χ1n) is 9.36. The fraction of sp³-hybridized carbons (Fsp3) is 0.778. The fourth-order valence-corrected chi connectivity index (χ4v) is 3.36. The molecular formula is C18H36IN7. The molecule has 7 nitrogen and oxygen atoms in total. The van der Waals surface area contributed by atoms with Gasteiger partial charge in [0.25, 0.3) is 0 Å². The molecule has 1 unspecified atom stereocenters. The maximum absolute atomic E-state index is 4.47. The number of halogens is 1. The molecule has 1 aromatic rings. The summed E-state index contributed by atoms with van der Waals surface area (Å²) in [6, 6.07) is 0.499. The van der Waals surface area contributed by atoms with E-state index in [0.29, 0.717) is 6.04 Å². The summed E-state index contributed by atoms with van der Waals surface area (Å²) in [5, 5.41) is 11.3. The minimum Gasteiger partial charge on any atom is -0.355 e. The first-order valence-corrected chi connectivity index (χ1v) is 9.36. The smallest absolute Gasteiger partial charge is 0.191 e. The average molecular weight is 477 g/mol. The van der Waals surface area contributed by atoms with Crippen molar-refractivity contribution in [1.29, 1.82) is 0 Å². The van der Waals surface area contributed by atoms with Crippen LogP contribution in [0.2, 0.25) is 0 Å². The van der Waals surface area contributed by atoms with E-state index in [1.807, 2.05) is 18.8 Å². The molecular weight excluding hydrogens is 441 g/mol. The third-order valence-corrected chi connectivity index (χ3v) is 5.36. The molecule has 0 spiro atoms. The fourth-order valence-electron chi connectivity index (χ4n) is 3.36. The summed E-state index contributed by atoms with van der Waals surface area (Å²) in [6.07, 6.45) is 0. The molecule has 2 rings (SSSR count). The predicted molar refractivity (Wildman–Crippen MR) is 119 cm³/mol. The molecule has 0 aliphatic carbocycles. The maximum atomic E-state index is 4.47. The quantitative estimate of drug-likeness (QED) is 0.368. The lowest BCUT2D eigenvalue weighted by molar-refractivity contribution is 0.107. The number of hydrogen-bond donors (Lipinski definition) is 2. The van der Waals surface area contributed by atoms with Gasteiger partial charge in [-0.15, -0.1) is 24.0 Å². The zero-order valence-corrected chi connectivity index (χ0v) is 19.5. The normalized spacial score (nSPS) is 17.7. The molecule has 0 aromatic carbocycles. The van der Waals surface area contributed by atoms with Crippen LogP contribution >= 0.6 is 24.0 Å². The Kier molecular flexibility index (Phi) is 9.88. The van der Waals surface area contributed by atoms with E-state index in [0.717, 1.165) is 44.4 Å². The number of aliphatic imine (C=N–C) groups is 1. The van der Waals surface area contributed by atoms with Crippen molar-refractivity contribution in [3.63, 3.8) is 0 Å². The van der Waals surface area contributed by atoms with Gasteiger partial charge >= 0.3 is 0 Å². The van der Waals surface area contributed by atoms with Crippen LogP contribution in [0, 0.1) is 13.8 Å². The number of nitrogens with one attached hydrogen (secondary N) is 2. The lowest BCUT2D eigenvalue weighted by Crippen LogP contribution is -2.53. The van der Waals surface area contributed by atoms with Crippen LogP contribution in [0.25, 0.3) is 0 Å². The summed E-state index contributed by atoms with van der Waals surface area (Å²) in [5.41, 5.74) is 3.52. The number of nitrogens with zero attached hydrogens (tertiary/aromatic N) is 5. The molecule has 1 aliphatic rings. The van der Waals surface area contributed by atoms with E-state index < -0.39 is 0 Å². The van der Waals surface area contributed by atoms with Crippen molar-refractivity contribution < 1.29 is 0 Å². The largest absolute Gasteiger partial charge is 0.355 e. The van der Waals surface area contributed by atoms with Gasteiger partial charge in [0.15, 0.2) is 5.96 Å². The van der Waals surface area contributed by atoms with Gasteiger partial charge < -0.3 is 15.5 Å². The van der Waals surface area contributed by atoms with Crippen molar-refractivity contribution in [3.05, 3.63) is 17.0 Å². The van der Waals surface area contributed by atoms with E-state index in [2.05, 4.69) is 58.2 Å². The van der Waals surface area contributed by atoms with Crippen LogP contribution < -0.4 is 10.6 Å². The molecule has 150 valence electrons. The summed E-state index contributed by atoms with van der Waals surface area (Å²) in [4.78, 5) is 9.42. The molecule has 2 heterocycles. The van der Waals surface area contributed by atoms with Crippen LogP contribution in [-0.2, 0) is 13.6 Å². The second-order valence-corrected chi connectivity index (χ2v) is 6.90. The molecule has 0 radical (unpaired) electrons. The standard InChI is InChI=1S/C18H35N7.HI/c1-7-24-8-10-25(11-9-24)14(2)12-20-18(19-5)21-13-17-15(3)22-23(6)16(17)4;/h14H,7-13H2,1-6H3,(H2,19,20,21);1H. The van der Waals surface area contributed by atoms with Crippen LogP contribution in [0.15, 0.2) is 4.99 Å². The van der Waals surface area contributed by atoms with E-state index in [4.69, 9.17) is 0 Å². The van der Waals surface area contributed by atoms with Crippen LogP contribution in [-0.4, -0.2) is 77.9 Å². The monoisotopic (exact) mass is 477 g/mol. The van der Waals surface area contributed by atoms with Crippen LogP contribution in [0.3, 0.4) is 0 Å². The first-order chi connectivity index (χ1) is 12.0. The van der Waals surface area contributed by atoms with E-state index in [1.165, 1.54) is 24.3 Å². The van der Waals surface area contributed by atoms with Gasteiger partial charge in [-0.1, -0.05) is 6.92 Å². The second kappa shape index (κ2) is 11.1. The predicted octanol–water partition coefficient (Wildman–Crippen LogP) is 1.35. The molecule has 1 fully saturated rings. The summed E-state index contributed by atoms with van der Waals surface area (Å²) >= 11 is 0. The Labute approximate surface area is 175 Å². The van der Waals surface area contributed by atoms with Crippen molar-refractivity contribution in [1.82, 2.24) is 30.2 Å². The minimum atomic E-state index is 0. The van der Waals surface area contributed by atoms with Gasteiger partial charge in [-0.2, -0.15) is 5.10 Å². The van der Waals surface area contributed by atoms with Gasteiger partial charge in [0.2, 0.25) is 0 Å². The molecule has 1 aromatic heterocycles. The summed E-state index contributed by atoms with van der Waals surface area (Å²) in [6.45, 7) is 16.1. The second-order valence-electron chi connectivity index (χ2n) is 6.90. The number of hydrogen-bond acceptors (Lipinski definition) is 4. The molecule has 26 heavy (non-hydrogen) atoms. The Balaban J connectivity index is 0.00000338. The van der Waals surface area contributed by atoms with Crippen molar-refractivity contribution in [2.75, 3.05) is 46.3 Å². The molecule has 1 atom stereocenters. The highest BCUT2D eigenvalue weighted by atomic mass is 127. The average Bonchev–Trinajstić information content (AvgIpc) is 2.87. The molecule has 1 saturated heterocycles. The molecule has 1 aliphatic heterocycles. The van der Waals surface area contributed by atoms with E-state index >= 15 is 0 Å². The van der Waals surface area contributed by atoms with Gasteiger partial charge in [0, 0.05) is 70.7 Å². The van der Waals surface area contributed by atoms with E-state index in [1.54, 1.807) is 0 Å². The Hall–Kier alpha value is -0.870. The van der Waals surface area contributed by atoms with Gasteiger partial charge in [-0.25, -0.2) is 0 Å². The van der Waals surface area contributed by atoms with E-state index in [9.17, 15) is 0 Å². The minimum absolute atomic E-state index is 0. The number of aromatic nitrogens is 2. The maximum Gasteiger partial charge on any atom is 0.191 e. The Morgan fingerprint density at radius 2 is 1.85 bits per heavy atom. The lowest BCUT2D eigenvalue weighted by Gasteiger charge is -2.37. The highest BCUT2D eigenvalue weighted by Gasteiger charge is 2.20.